The van der Waals surface area contributed by atoms with Gasteiger partial charge in [0, 0.05) is 12.0 Å². The van der Waals surface area contributed by atoms with Crippen LogP contribution >= 0.6 is 0 Å². The summed E-state index contributed by atoms with van der Waals surface area (Å²) >= 11 is 0. The molecule has 2 aliphatic rings. The molecule has 4 rings (SSSR count). The molecule has 1 fully saturated rings. The standard InChI is InChI=1S/C27H33N3O4/c1-4-34-27(32)23-10-7-8-16-29(23)18-26(31)30-24(20-14-12-19(2)13-15-20)17-22(28-30)21-9-5-6-11-25(21)33-3/h5-6,9,11-15,23-24H,4,7-8,10,16-18H2,1-3H3/t23-,24-/m0/s1. The molecule has 1 saturated heterocycles. The number of carbonyl (C=O) groups is 2. The highest BCUT2D eigenvalue weighted by molar-refractivity contribution is 6.05. The number of hydrazone groups is 1. The molecule has 0 bridgehead atoms. The maximum atomic E-state index is 13.6. The van der Waals surface area contributed by atoms with Crippen LogP contribution in [0.2, 0.25) is 0 Å². The van der Waals surface area contributed by atoms with Crippen molar-refractivity contribution in [3.8, 4) is 5.75 Å². The van der Waals surface area contributed by atoms with Crippen LogP contribution in [0.5, 0.6) is 5.75 Å². The second kappa shape index (κ2) is 10.8. The van der Waals surface area contributed by atoms with E-state index >= 15 is 0 Å². The Balaban J connectivity index is 1.62. The second-order valence-electron chi connectivity index (χ2n) is 8.85. The van der Waals surface area contributed by atoms with Crippen molar-refractivity contribution in [3.63, 3.8) is 0 Å². The number of rotatable bonds is 7. The summed E-state index contributed by atoms with van der Waals surface area (Å²) in [6.45, 7) is 5.02. The number of carbonyl (C=O) groups excluding carboxylic acids is 2. The van der Waals surface area contributed by atoms with Gasteiger partial charge in [0.2, 0.25) is 0 Å². The first-order valence-corrected chi connectivity index (χ1v) is 12.0. The van der Waals surface area contributed by atoms with Crippen molar-refractivity contribution in [3.05, 3.63) is 65.2 Å². The lowest BCUT2D eigenvalue weighted by Crippen LogP contribution is -2.49. The molecule has 1 amide bonds. The molecule has 34 heavy (non-hydrogen) atoms. The average Bonchev–Trinajstić information content (AvgIpc) is 3.30. The maximum absolute atomic E-state index is 13.6. The van der Waals surface area contributed by atoms with E-state index in [1.165, 1.54) is 0 Å². The molecular formula is C27H33N3O4. The van der Waals surface area contributed by atoms with E-state index in [0.717, 1.165) is 41.0 Å². The molecule has 2 heterocycles. The SMILES string of the molecule is CCOC(=O)[C@@H]1CCCCN1CC(=O)N1N=C(c2ccccc2OC)C[C@H]1c1ccc(C)cc1. The molecule has 0 aromatic heterocycles. The van der Waals surface area contributed by atoms with E-state index in [-0.39, 0.29) is 30.5 Å². The number of hydrogen-bond acceptors (Lipinski definition) is 6. The number of methoxy groups -OCH3 is 1. The molecule has 0 unspecified atom stereocenters. The molecule has 0 spiro atoms. The van der Waals surface area contributed by atoms with Crippen LogP contribution in [-0.4, -0.2) is 60.3 Å². The van der Waals surface area contributed by atoms with Crippen LogP contribution in [-0.2, 0) is 14.3 Å². The number of likely N-dealkylation sites (tertiary alicyclic amines) is 1. The van der Waals surface area contributed by atoms with Crippen molar-refractivity contribution in [1.29, 1.82) is 0 Å². The molecule has 2 aromatic rings. The van der Waals surface area contributed by atoms with Crippen LogP contribution in [0.1, 0.15) is 55.3 Å². The van der Waals surface area contributed by atoms with Crippen molar-refractivity contribution in [2.45, 2.75) is 51.6 Å². The molecule has 7 heteroatoms. The summed E-state index contributed by atoms with van der Waals surface area (Å²) in [6.07, 6.45) is 3.22. The summed E-state index contributed by atoms with van der Waals surface area (Å²) in [5.41, 5.74) is 3.90. The predicted molar refractivity (Wildman–Crippen MR) is 131 cm³/mol. The van der Waals surface area contributed by atoms with Gasteiger partial charge in [-0.15, -0.1) is 0 Å². The fourth-order valence-corrected chi connectivity index (χ4v) is 4.77. The minimum Gasteiger partial charge on any atom is -0.496 e. The van der Waals surface area contributed by atoms with E-state index in [9.17, 15) is 9.59 Å². The third-order valence-electron chi connectivity index (χ3n) is 6.56. The van der Waals surface area contributed by atoms with Crippen LogP contribution in [0.3, 0.4) is 0 Å². The van der Waals surface area contributed by atoms with E-state index in [4.69, 9.17) is 14.6 Å². The molecule has 2 aromatic carbocycles. The van der Waals surface area contributed by atoms with Crippen molar-refractivity contribution in [2.24, 2.45) is 5.10 Å². The van der Waals surface area contributed by atoms with Crippen molar-refractivity contribution in [2.75, 3.05) is 26.8 Å². The summed E-state index contributed by atoms with van der Waals surface area (Å²) in [7, 11) is 1.64. The lowest BCUT2D eigenvalue weighted by molar-refractivity contribution is -0.152. The van der Waals surface area contributed by atoms with Crippen LogP contribution in [0.4, 0.5) is 0 Å². The number of esters is 1. The maximum Gasteiger partial charge on any atom is 0.323 e. The molecule has 180 valence electrons. The summed E-state index contributed by atoms with van der Waals surface area (Å²) < 4.78 is 10.8. The number of ether oxygens (including phenoxy) is 2. The zero-order valence-electron chi connectivity index (χ0n) is 20.2. The van der Waals surface area contributed by atoms with Gasteiger partial charge in [-0.25, -0.2) is 5.01 Å². The van der Waals surface area contributed by atoms with Gasteiger partial charge in [0.1, 0.15) is 11.8 Å². The fourth-order valence-electron chi connectivity index (χ4n) is 4.77. The van der Waals surface area contributed by atoms with Crippen LogP contribution in [0.15, 0.2) is 53.6 Å². The second-order valence-corrected chi connectivity index (χ2v) is 8.85. The van der Waals surface area contributed by atoms with Crippen molar-refractivity contribution >= 4 is 17.6 Å². The van der Waals surface area contributed by atoms with Crippen LogP contribution in [0.25, 0.3) is 0 Å². The zero-order valence-corrected chi connectivity index (χ0v) is 20.2. The Kier molecular flexibility index (Phi) is 7.63. The Hall–Kier alpha value is -3.19. The topological polar surface area (TPSA) is 71.4 Å². The van der Waals surface area contributed by atoms with E-state index in [2.05, 4.69) is 24.3 Å². The monoisotopic (exact) mass is 463 g/mol. The predicted octanol–water partition coefficient (Wildman–Crippen LogP) is 4.10. The summed E-state index contributed by atoms with van der Waals surface area (Å²) in [6, 6.07) is 15.4. The highest BCUT2D eigenvalue weighted by atomic mass is 16.5. The first-order chi connectivity index (χ1) is 16.5. The Morgan fingerprint density at radius 3 is 2.59 bits per heavy atom. The summed E-state index contributed by atoms with van der Waals surface area (Å²) in [4.78, 5) is 28.1. The van der Waals surface area contributed by atoms with E-state index in [1.807, 2.05) is 36.1 Å². The number of aryl methyl sites for hydroxylation is 1. The highest BCUT2D eigenvalue weighted by Crippen LogP contribution is 2.35. The third-order valence-corrected chi connectivity index (χ3v) is 6.56. The number of piperidine rings is 1. The Morgan fingerprint density at radius 1 is 1.09 bits per heavy atom. The smallest absolute Gasteiger partial charge is 0.323 e. The third kappa shape index (κ3) is 5.14. The molecule has 2 aliphatic heterocycles. The van der Waals surface area contributed by atoms with E-state index in [1.54, 1.807) is 19.0 Å². The van der Waals surface area contributed by atoms with Gasteiger partial charge in [-0.3, -0.25) is 14.5 Å². The van der Waals surface area contributed by atoms with Crippen molar-refractivity contribution in [1.82, 2.24) is 9.91 Å². The van der Waals surface area contributed by atoms with E-state index in [0.29, 0.717) is 26.0 Å². The van der Waals surface area contributed by atoms with Gasteiger partial charge in [-0.2, -0.15) is 5.10 Å². The molecule has 2 atom stereocenters. The Labute approximate surface area is 201 Å². The molecule has 0 radical (unpaired) electrons. The normalized spacial score (nSPS) is 20.7. The average molecular weight is 464 g/mol. The molecule has 7 nitrogen and oxygen atoms in total. The van der Waals surface area contributed by atoms with Gasteiger partial charge < -0.3 is 9.47 Å². The van der Waals surface area contributed by atoms with Gasteiger partial charge in [0.15, 0.2) is 0 Å². The highest BCUT2D eigenvalue weighted by Gasteiger charge is 2.37. The molecular weight excluding hydrogens is 430 g/mol. The first kappa shape index (κ1) is 24.0. The summed E-state index contributed by atoms with van der Waals surface area (Å²) in [5, 5.41) is 6.40. The van der Waals surface area contributed by atoms with Gasteiger partial charge in [-0.05, 0) is 50.9 Å². The summed E-state index contributed by atoms with van der Waals surface area (Å²) in [5.74, 6) is 0.369. The lowest BCUT2D eigenvalue weighted by atomic mass is 9.97. The number of para-hydroxylation sites is 1. The molecule has 0 saturated carbocycles. The number of hydrogen-bond donors (Lipinski definition) is 0. The number of amides is 1. The minimum atomic E-state index is -0.379. The van der Waals surface area contributed by atoms with Crippen LogP contribution < -0.4 is 4.74 Å². The first-order valence-electron chi connectivity index (χ1n) is 12.0. The number of benzene rings is 2. The lowest BCUT2D eigenvalue weighted by Gasteiger charge is -2.34. The largest absolute Gasteiger partial charge is 0.496 e. The molecule has 0 N–H and O–H groups in total. The Bertz CT molecular complexity index is 1050. The minimum absolute atomic E-state index is 0.119. The van der Waals surface area contributed by atoms with Crippen molar-refractivity contribution < 1.29 is 19.1 Å². The van der Waals surface area contributed by atoms with Gasteiger partial charge in [0.05, 0.1) is 32.0 Å². The zero-order chi connectivity index (χ0) is 24.1. The van der Waals surface area contributed by atoms with Gasteiger partial charge in [-0.1, -0.05) is 48.4 Å². The van der Waals surface area contributed by atoms with Crippen LogP contribution in [0, 0.1) is 6.92 Å². The fraction of sp³-hybridized carbons (Fsp3) is 0.444. The quantitative estimate of drug-likeness (QED) is 0.578. The Morgan fingerprint density at radius 2 is 1.85 bits per heavy atom. The molecule has 0 aliphatic carbocycles. The van der Waals surface area contributed by atoms with Gasteiger partial charge in [0.25, 0.3) is 5.91 Å². The number of nitrogens with zero attached hydrogens (tertiary/aromatic N) is 3. The van der Waals surface area contributed by atoms with E-state index < -0.39 is 0 Å². The van der Waals surface area contributed by atoms with Gasteiger partial charge >= 0.3 is 5.97 Å².